The summed E-state index contributed by atoms with van der Waals surface area (Å²) < 4.78 is 5.16. The van der Waals surface area contributed by atoms with E-state index in [1.807, 2.05) is 73.7 Å². The number of hydrogen-bond acceptors (Lipinski definition) is 3. The molecule has 0 spiro atoms. The highest BCUT2D eigenvalue weighted by molar-refractivity contribution is 6.11. The number of anilines is 1. The summed E-state index contributed by atoms with van der Waals surface area (Å²) in [5.74, 6) is -0.146. The van der Waals surface area contributed by atoms with E-state index in [4.69, 9.17) is 4.74 Å². The summed E-state index contributed by atoms with van der Waals surface area (Å²) in [5, 5.41) is 7.69. The molecule has 0 radical (unpaired) electrons. The molecule has 0 bridgehead atoms. The van der Waals surface area contributed by atoms with E-state index in [9.17, 15) is 9.59 Å². The van der Waals surface area contributed by atoms with Crippen molar-refractivity contribution in [3.8, 4) is 5.75 Å². The Kier molecular flexibility index (Phi) is 6.51. The average molecular weight is 437 g/mol. The van der Waals surface area contributed by atoms with Crippen molar-refractivity contribution >= 4 is 34.4 Å². The van der Waals surface area contributed by atoms with Crippen LogP contribution in [0.4, 0.5) is 5.69 Å². The standard InChI is InChI=1S/C28H24N2O3/c1-19-10-14-23(15-11-19)29-28(32)26(30-27(31)21-12-16-24(33-2)17-13-21)18-22-8-5-7-20-6-3-4-9-25(20)22/h3-18H,1-2H3,(H,29,32)(H,30,31). The van der Waals surface area contributed by atoms with Crippen LogP contribution in [0.5, 0.6) is 5.75 Å². The summed E-state index contributed by atoms with van der Waals surface area (Å²) >= 11 is 0. The van der Waals surface area contributed by atoms with Crippen molar-refractivity contribution < 1.29 is 14.3 Å². The Morgan fingerprint density at radius 1 is 0.818 bits per heavy atom. The second-order valence-corrected chi connectivity index (χ2v) is 7.63. The van der Waals surface area contributed by atoms with Crippen molar-refractivity contribution in [1.82, 2.24) is 5.32 Å². The predicted molar refractivity (Wildman–Crippen MR) is 132 cm³/mol. The topological polar surface area (TPSA) is 67.4 Å². The third kappa shape index (κ3) is 5.28. The van der Waals surface area contributed by atoms with Gasteiger partial charge in [0.2, 0.25) is 0 Å². The van der Waals surface area contributed by atoms with Crippen molar-refractivity contribution in [2.24, 2.45) is 0 Å². The molecule has 0 aliphatic rings. The fraction of sp³-hybridized carbons (Fsp3) is 0.0714. The fourth-order valence-corrected chi connectivity index (χ4v) is 3.46. The molecule has 0 fully saturated rings. The average Bonchev–Trinajstić information content (AvgIpc) is 2.85. The van der Waals surface area contributed by atoms with Gasteiger partial charge in [0.1, 0.15) is 11.4 Å². The number of hydrogen-bond donors (Lipinski definition) is 2. The number of rotatable bonds is 6. The molecule has 0 aliphatic heterocycles. The molecule has 164 valence electrons. The quantitative estimate of drug-likeness (QED) is 0.389. The van der Waals surface area contributed by atoms with Gasteiger partial charge in [-0.05, 0) is 65.7 Å². The maximum absolute atomic E-state index is 13.2. The summed E-state index contributed by atoms with van der Waals surface area (Å²) in [6.07, 6.45) is 1.70. The number of carbonyl (C=O) groups excluding carboxylic acids is 2. The van der Waals surface area contributed by atoms with Gasteiger partial charge in [-0.2, -0.15) is 0 Å². The van der Waals surface area contributed by atoms with E-state index in [0.717, 1.165) is 21.9 Å². The first-order valence-corrected chi connectivity index (χ1v) is 10.6. The Bertz CT molecular complexity index is 1320. The van der Waals surface area contributed by atoms with E-state index >= 15 is 0 Å². The number of aryl methyl sites for hydroxylation is 1. The highest BCUT2D eigenvalue weighted by Crippen LogP contribution is 2.21. The molecule has 0 heterocycles. The van der Waals surface area contributed by atoms with Crippen molar-refractivity contribution in [1.29, 1.82) is 0 Å². The SMILES string of the molecule is COc1ccc(C(=O)NC(=Cc2cccc3ccccc23)C(=O)Nc2ccc(C)cc2)cc1. The van der Waals surface area contributed by atoms with E-state index in [0.29, 0.717) is 17.0 Å². The van der Waals surface area contributed by atoms with Crippen LogP contribution in [0.3, 0.4) is 0 Å². The minimum atomic E-state index is -0.409. The summed E-state index contributed by atoms with van der Waals surface area (Å²) in [7, 11) is 1.56. The zero-order valence-corrected chi connectivity index (χ0v) is 18.5. The normalized spacial score (nSPS) is 11.2. The van der Waals surface area contributed by atoms with Crippen LogP contribution in [-0.2, 0) is 4.79 Å². The molecule has 0 atom stereocenters. The molecule has 0 aromatic heterocycles. The molecular weight excluding hydrogens is 412 g/mol. The van der Waals surface area contributed by atoms with Crippen LogP contribution < -0.4 is 15.4 Å². The smallest absolute Gasteiger partial charge is 0.272 e. The fourth-order valence-electron chi connectivity index (χ4n) is 3.46. The highest BCUT2D eigenvalue weighted by Gasteiger charge is 2.16. The van der Waals surface area contributed by atoms with Crippen LogP contribution in [0, 0.1) is 6.92 Å². The number of amides is 2. The van der Waals surface area contributed by atoms with Crippen molar-refractivity contribution in [3.05, 3.63) is 113 Å². The molecule has 4 aromatic carbocycles. The monoisotopic (exact) mass is 436 g/mol. The minimum absolute atomic E-state index is 0.146. The second-order valence-electron chi connectivity index (χ2n) is 7.63. The first-order valence-electron chi connectivity index (χ1n) is 10.6. The Hall–Kier alpha value is -4.38. The molecule has 33 heavy (non-hydrogen) atoms. The van der Waals surface area contributed by atoms with Crippen LogP contribution in [0.1, 0.15) is 21.5 Å². The van der Waals surface area contributed by atoms with E-state index < -0.39 is 5.91 Å². The van der Waals surface area contributed by atoms with Crippen LogP contribution in [0.25, 0.3) is 16.8 Å². The van der Waals surface area contributed by atoms with Crippen LogP contribution in [-0.4, -0.2) is 18.9 Å². The van der Waals surface area contributed by atoms with Gasteiger partial charge >= 0.3 is 0 Å². The third-order valence-electron chi connectivity index (χ3n) is 5.28. The van der Waals surface area contributed by atoms with E-state index in [-0.39, 0.29) is 11.6 Å². The van der Waals surface area contributed by atoms with Gasteiger partial charge in [-0.3, -0.25) is 9.59 Å². The zero-order valence-electron chi connectivity index (χ0n) is 18.5. The Labute approximate surface area is 192 Å². The lowest BCUT2D eigenvalue weighted by molar-refractivity contribution is -0.113. The molecule has 5 nitrogen and oxygen atoms in total. The van der Waals surface area contributed by atoms with Gasteiger partial charge in [-0.15, -0.1) is 0 Å². The summed E-state index contributed by atoms with van der Waals surface area (Å²) in [4.78, 5) is 26.1. The highest BCUT2D eigenvalue weighted by atomic mass is 16.5. The number of carbonyl (C=O) groups is 2. The number of fused-ring (bicyclic) bond motifs is 1. The molecule has 4 aromatic rings. The molecule has 4 rings (SSSR count). The van der Waals surface area contributed by atoms with E-state index in [1.54, 1.807) is 37.5 Å². The largest absolute Gasteiger partial charge is 0.497 e. The lowest BCUT2D eigenvalue weighted by Crippen LogP contribution is -2.30. The number of benzene rings is 4. The van der Waals surface area contributed by atoms with Crippen molar-refractivity contribution in [2.75, 3.05) is 12.4 Å². The third-order valence-corrected chi connectivity index (χ3v) is 5.28. The molecule has 5 heteroatoms. The molecule has 2 N–H and O–H groups in total. The minimum Gasteiger partial charge on any atom is -0.497 e. The van der Waals surface area contributed by atoms with Gasteiger partial charge in [0.15, 0.2) is 0 Å². The van der Waals surface area contributed by atoms with E-state index in [2.05, 4.69) is 10.6 Å². The first-order chi connectivity index (χ1) is 16.0. The number of methoxy groups -OCH3 is 1. The van der Waals surface area contributed by atoms with Gasteiger partial charge in [-0.1, -0.05) is 60.2 Å². The first kappa shape index (κ1) is 21.8. The maximum Gasteiger partial charge on any atom is 0.272 e. The Morgan fingerprint density at radius 3 is 2.24 bits per heavy atom. The van der Waals surface area contributed by atoms with Gasteiger partial charge in [0.05, 0.1) is 7.11 Å². The van der Waals surface area contributed by atoms with Gasteiger partial charge in [0, 0.05) is 11.3 Å². The number of ether oxygens (including phenoxy) is 1. The van der Waals surface area contributed by atoms with E-state index in [1.165, 1.54) is 0 Å². The molecule has 0 saturated carbocycles. The lowest BCUT2D eigenvalue weighted by atomic mass is 10.0. The van der Waals surface area contributed by atoms with Gasteiger partial charge in [-0.25, -0.2) is 0 Å². The van der Waals surface area contributed by atoms with Crippen molar-refractivity contribution in [2.45, 2.75) is 6.92 Å². The molecule has 0 unspecified atom stereocenters. The summed E-state index contributed by atoms with van der Waals surface area (Å²) in [5.41, 5.74) is 3.13. The van der Waals surface area contributed by atoms with Crippen molar-refractivity contribution in [3.63, 3.8) is 0 Å². The Morgan fingerprint density at radius 2 is 1.52 bits per heavy atom. The molecule has 2 amide bonds. The second kappa shape index (κ2) is 9.83. The molecular formula is C28H24N2O3. The predicted octanol–water partition coefficient (Wildman–Crippen LogP) is 5.57. The van der Waals surface area contributed by atoms with Crippen LogP contribution in [0.2, 0.25) is 0 Å². The van der Waals surface area contributed by atoms with Crippen LogP contribution >= 0.6 is 0 Å². The number of nitrogens with one attached hydrogen (secondary N) is 2. The zero-order chi connectivity index (χ0) is 23.2. The van der Waals surface area contributed by atoms with Gasteiger partial charge < -0.3 is 15.4 Å². The summed E-state index contributed by atoms with van der Waals surface area (Å²) in [6, 6.07) is 28.0. The lowest BCUT2D eigenvalue weighted by Gasteiger charge is -2.12. The summed E-state index contributed by atoms with van der Waals surface area (Å²) in [6.45, 7) is 1.98. The van der Waals surface area contributed by atoms with Gasteiger partial charge in [0.25, 0.3) is 11.8 Å². The maximum atomic E-state index is 13.2. The molecule has 0 aliphatic carbocycles. The van der Waals surface area contributed by atoms with Crippen LogP contribution in [0.15, 0.2) is 96.7 Å². The Balaban J connectivity index is 1.69. The molecule has 0 saturated heterocycles.